The number of ether oxygens (including phenoxy) is 1. The summed E-state index contributed by atoms with van der Waals surface area (Å²) in [6.45, 7) is 11.6. The van der Waals surface area contributed by atoms with Gasteiger partial charge in [0.25, 0.3) is 0 Å². The first kappa shape index (κ1) is 26.1. The van der Waals surface area contributed by atoms with Gasteiger partial charge in [-0.1, -0.05) is 87.2 Å². The molecule has 176 valence electrons. The van der Waals surface area contributed by atoms with Crippen molar-refractivity contribution >= 4 is 11.8 Å². The van der Waals surface area contributed by atoms with E-state index in [2.05, 4.69) is 20.1 Å². The quantitative estimate of drug-likeness (QED) is 0.210. The van der Waals surface area contributed by atoms with E-state index in [1.165, 1.54) is 12.2 Å². The molecular weight excluding hydrogens is 412 g/mol. The summed E-state index contributed by atoms with van der Waals surface area (Å²) in [5.74, 6) is -0.434. The third kappa shape index (κ3) is 8.70. The smallest absolute Gasteiger partial charge is 0.247 e. The Balaban J connectivity index is 2.33. The molecule has 0 aliphatic rings. The van der Waals surface area contributed by atoms with Crippen molar-refractivity contribution in [1.29, 1.82) is 0 Å². The number of hydrogen-bond donors (Lipinski definition) is 0. The Morgan fingerprint density at radius 3 is 1.70 bits per heavy atom. The molecule has 0 saturated heterocycles. The maximum absolute atomic E-state index is 13.0. The van der Waals surface area contributed by atoms with Crippen molar-refractivity contribution in [3.8, 4) is 0 Å². The fourth-order valence-corrected chi connectivity index (χ4v) is 3.65. The minimum absolute atomic E-state index is 0.217. The van der Waals surface area contributed by atoms with Crippen LogP contribution in [-0.2, 0) is 27.4 Å². The molecule has 5 heteroatoms. The zero-order valence-electron chi connectivity index (χ0n) is 19.7. The van der Waals surface area contributed by atoms with E-state index in [-0.39, 0.29) is 11.8 Å². The van der Waals surface area contributed by atoms with Crippen LogP contribution < -0.4 is 0 Å². The van der Waals surface area contributed by atoms with Crippen molar-refractivity contribution in [3.63, 3.8) is 0 Å². The van der Waals surface area contributed by atoms with Gasteiger partial charge in [0.1, 0.15) is 6.17 Å². The standard InChI is InChI=1S/C28H36N2O3/c1-4-7-20-33-21-14-19-26(29(27(31)5-2)22-24-15-10-8-11-16-24)30(28(32)6-3)23-25-17-12-9-13-18-25/h5-6,8-13,15-18,26H,2-4,7,14,19-23H2,1H3. The zero-order valence-corrected chi connectivity index (χ0v) is 19.7. The number of nitrogens with zero attached hydrogens (tertiary/aromatic N) is 2. The number of carbonyl (C=O) groups is 2. The van der Waals surface area contributed by atoms with Crippen LogP contribution in [0.25, 0.3) is 0 Å². The third-order valence-corrected chi connectivity index (χ3v) is 5.42. The highest BCUT2D eigenvalue weighted by molar-refractivity contribution is 5.89. The maximum Gasteiger partial charge on any atom is 0.247 e. The second kappa shape index (κ2) is 14.8. The molecule has 0 radical (unpaired) electrons. The predicted molar refractivity (Wildman–Crippen MR) is 133 cm³/mol. The van der Waals surface area contributed by atoms with E-state index in [1.807, 2.05) is 60.7 Å². The van der Waals surface area contributed by atoms with E-state index < -0.39 is 6.17 Å². The van der Waals surface area contributed by atoms with E-state index in [0.717, 1.165) is 37.0 Å². The van der Waals surface area contributed by atoms with Crippen LogP contribution >= 0.6 is 0 Å². The van der Waals surface area contributed by atoms with Crippen LogP contribution in [0, 0.1) is 0 Å². The Labute approximate surface area is 198 Å². The van der Waals surface area contributed by atoms with Gasteiger partial charge in [0.15, 0.2) is 0 Å². The van der Waals surface area contributed by atoms with Crippen LogP contribution in [0.15, 0.2) is 86.0 Å². The molecular formula is C28H36N2O3. The first-order valence-electron chi connectivity index (χ1n) is 11.6. The number of rotatable bonds is 15. The predicted octanol–water partition coefficient (Wildman–Crippen LogP) is 5.34. The summed E-state index contributed by atoms with van der Waals surface area (Å²) in [5.41, 5.74) is 1.98. The van der Waals surface area contributed by atoms with Gasteiger partial charge in [0.05, 0.1) is 0 Å². The van der Waals surface area contributed by atoms with Crippen LogP contribution in [0.4, 0.5) is 0 Å². The molecule has 0 fully saturated rings. The number of unbranched alkanes of at least 4 members (excludes halogenated alkanes) is 1. The van der Waals surface area contributed by atoms with Gasteiger partial charge in [0, 0.05) is 26.3 Å². The Kier molecular flexibility index (Phi) is 11.7. The summed E-state index contributed by atoms with van der Waals surface area (Å²) in [6.07, 6.45) is 5.58. The van der Waals surface area contributed by atoms with Crippen molar-refractivity contribution in [2.45, 2.75) is 51.9 Å². The van der Waals surface area contributed by atoms with E-state index in [0.29, 0.717) is 26.1 Å². The fraction of sp³-hybridized carbons (Fsp3) is 0.357. The summed E-state index contributed by atoms with van der Waals surface area (Å²) < 4.78 is 5.75. The molecule has 0 atom stereocenters. The lowest BCUT2D eigenvalue weighted by molar-refractivity contribution is -0.142. The van der Waals surface area contributed by atoms with Crippen LogP contribution in [0.1, 0.15) is 43.7 Å². The first-order valence-corrected chi connectivity index (χ1v) is 11.6. The second-order valence-electron chi connectivity index (χ2n) is 7.90. The molecule has 0 bridgehead atoms. The van der Waals surface area contributed by atoms with Crippen LogP contribution in [0.5, 0.6) is 0 Å². The summed E-state index contributed by atoms with van der Waals surface area (Å²) in [7, 11) is 0. The van der Waals surface area contributed by atoms with Crippen LogP contribution in [0.2, 0.25) is 0 Å². The Morgan fingerprint density at radius 1 is 0.818 bits per heavy atom. The number of benzene rings is 2. The molecule has 2 rings (SSSR count). The third-order valence-electron chi connectivity index (χ3n) is 5.42. The molecule has 0 heterocycles. The highest BCUT2D eigenvalue weighted by Gasteiger charge is 2.30. The van der Waals surface area contributed by atoms with Crippen molar-refractivity contribution < 1.29 is 14.3 Å². The molecule has 2 aromatic rings. The lowest BCUT2D eigenvalue weighted by Gasteiger charge is -2.39. The molecule has 0 N–H and O–H groups in total. The van der Waals surface area contributed by atoms with Crippen molar-refractivity contribution in [2.75, 3.05) is 13.2 Å². The van der Waals surface area contributed by atoms with Gasteiger partial charge in [0.2, 0.25) is 11.8 Å². The molecule has 0 aromatic heterocycles. The average molecular weight is 449 g/mol. The molecule has 0 aliphatic heterocycles. The monoisotopic (exact) mass is 448 g/mol. The normalized spacial score (nSPS) is 10.6. The van der Waals surface area contributed by atoms with Crippen molar-refractivity contribution in [1.82, 2.24) is 9.80 Å². The molecule has 2 amide bonds. The van der Waals surface area contributed by atoms with Crippen molar-refractivity contribution in [3.05, 3.63) is 97.1 Å². The fourth-order valence-electron chi connectivity index (χ4n) is 3.65. The molecule has 0 saturated carbocycles. The minimum Gasteiger partial charge on any atom is -0.381 e. The highest BCUT2D eigenvalue weighted by atomic mass is 16.5. The van der Waals surface area contributed by atoms with Gasteiger partial charge < -0.3 is 14.5 Å². The second-order valence-corrected chi connectivity index (χ2v) is 7.90. The highest BCUT2D eigenvalue weighted by Crippen LogP contribution is 2.21. The van der Waals surface area contributed by atoms with Gasteiger partial charge in [-0.05, 0) is 42.5 Å². The minimum atomic E-state index is -0.462. The molecule has 2 aromatic carbocycles. The molecule has 0 spiro atoms. The van der Waals surface area contributed by atoms with Crippen LogP contribution in [-0.4, -0.2) is 41.0 Å². The SMILES string of the molecule is C=CC(=O)N(Cc1ccccc1)C(CCCOCCCC)N(Cc1ccccc1)C(=O)C=C. The Morgan fingerprint density at radius 2 is 1.27 bits per heavy atom. The Bertz CT molecular complexity index is 802. The zero-order chi connectivity index (χ0) is 23.9. The van der Waals surface area contributed by atoms with Gasteiger partial charge in [-0.25, -0.2) is 0 Å². The van der Waals surface area contributed by atoms with E-state index >= 15 is 0 Å². The van der Waals surface area contributed by atoms with Crippen LogP contribution in [0.3, 0.4) is 0 Å². The van der Waals surface area contributed by atoms with Gasteiger partial charge in [-0.2, -0.15) is 0 Å². The topological polar surface area (TPSA) is 49.9 Å². The summed E-state index contributed by atoms with van der Waals surface area (Å²) >= 11 is 0. The van der Waals surface area contributed by atoms with Crippen molar-refractivity contribution in [2.24, 2.45) is 0 Å². The maximum atomic E-state index is 13.0. The first-order chi connectivity index (χ1) is 16.1. The average Bonchev–Trinajstić information content (AvgIpc) is 2.86. The number of hydrogen-bond acceptors (Lipinski definition) is 3. The summed E-state index contributed by atoms with van der Waals surface area (Å²) in [6, 6.07) is 19.6. The summed E-state index contributed by atoms with van der Waals surface area (Å²) in [4.78, 5) is 29.5. The Hall–Kier alpha value is -3.18. The number of carbonyl (C=O) groups excluding carboxylic acids is 2. The van der Waals surface area contributed by atoms with Gasteiger partial charge in [-0.15, -0.1) is 0 Å². The van der Waals surface area contributed by atoms with Gasteiger partial charge in [-0.3, -0.25) is 9.59 Å². The molecule has 0 aliphatic carbocycles. The lowest BCUT2D eigenvalue weighted by Crippen LogP contribution is -2.52. The van der Waals surface area contributed by atoms with E-state index in [9.17, 15) is 9.59 Å². The molecule has 33 heavy (non-hydrogen) atoms. The molecule has 0 unspecified atom stereocenters. The van der Waals surface area contributed by atoms with Gasteiger partial charge >= 0.3 is 0 Å². The van der Waals surface area contributed by atoms with E-state index in [1.54, 1.807) is 9.80 Å². The summed E-state index contributed by atoms with van der Waals surface area (Å²) in [5, 5.41) is 0. The molecule has 5 nitrogen and oxygen atoms in total. The van der Waals surface area contributed by atoms with E-state index in [4.69, 9.17) is 4.74 Å². The largest absolute Gasteiger partial charge is 0.381 e. The lowest BCUT2D eigenvalue weighted by atomic mass is 10.1. The number of amides is 2.